The summed E-state index contributed by atoms with van der Waals surface area (Å²) in [7, 11) is 1.63. The standard InChI is InChI=1S/C29H34F2N4O2/c1-19-5-8-23(34-27(36)21-9-10-33-26(14-21)28(2,3)30)15-24(19)20-6-7-22-16-29(31,17-32)18-35(11-12-37-4)25(22)13-20/h5-10,13-15H,11-12,16-18,32H2,1-4H3,(H,34,36)/t29-/m1/s1. The molecular formula is C29H34F2N4O2. The van der Waals surface area contributed by atoms with Crippen molar-refractivity contribution in [3.05, 3.63) is 77.1 Å². The van der Waals surface area contributed by atoms with Gasteiger partial charge in [0.05, 0.1) is 18.8 Å². The van der Waals surface area contributed by atoms with Crippen LogP contribution in [0.15, 0.2) is 54.7 Å². The van der Waals surface area contributed by atoms with E-state index >= 15 is 4.39 Å². The van der Waals surface area contributed by atoms with Crippen molar-refractivity contribution in [2.45, 2.75) is 38.5 Å². The van der Waals surface area contributed by atoms with Gasteiger partial charge < -0.3 is 20.7 Å². The maximum Gasteiger partial charge on any atom is 0.255 e. The number of hydrogen-bond donors (Lipinski definition) is 2. The van der Waals surface area contributed by atoms with Gasteiger partial charge in [-0.1, -0.05) is 18.2 Å². The number of rotatable bonds is 8. The fourth-order valence-electron chi connectivity index (χ4n) is 4.65. The average Bonchev–Trinajstić information content (AvgIpc) is 2.87. The molecule has 3 aromatic rings. The third-order valence-corrected chi connectivity index (χ3v) is 6.78. The topological polar surface area (TPSA) is 80.5 Å². The van der Waals surface area contributed by atoms with Gasteiger partial charge in [0.15, 0.2) is 0 Å². The quantitative estimate of drug-likeness (QED) is 0.438. The Hall–Kier alpha value is -3.36. The molecule has 0 bridgehead atoms. The minimum atomic E-state index is -1.65. The zero-order valence-corrected chi connectivity index (χ0v) is 21.8. The summed E-state index contributed by atoms with van der Waals surface area (Å²) in [6, 6.07) is 14.7. The molecule has 0 unspecified atom stereocenters. The lowest BCUT2D eigenvalue weighted by Gasteiger charge is -2.39. The molecule has 0 saturated carbocycles. The van der Waals surface area contributed by atoms with Gasteiger partial charge in [-0.3, -0.25) is 9.78 Å². The Morgan fingerprint density at radius 3 is 2.70 bits per heavy atom. The second-order valence-electron chi connectivity index (χ2n) is 10.2. The summed E-state index contributed by atoms with van der Waals surface area (Å²) in [6.45, 7) is 6.01. The molecule has 0 saturated heterocycles. The van der Waals surface area contributed by atoms with E-state index in [0.29, 0.717) is 24.4 Å². The van der Waals surface area contributed by atoms with E-state index in [2.05, 4.69) is 16.4 Å². The summed E-state index contributed by atoms with van der Waals surface area (Å²) in [5.41, 5.74) is 8.58. The minimum Gasteiger partial charge on any atom is -0.383 e. The van der Waals surface area contributed by atoms with Crippen LogP contribution in [0.25, 0.3) is 11.1 Å². The molecule has 1 aliphatic heterocycles. The Bertz CT molecular complexity index is 1290. The van der Waals surface area contributed by atoms with E-state index in [1.54, 1.807) is 13.2 Å². The molecule has 1 aromatic heterocycles. The summed E-state index contributed by atoms with van der Waals surface area (Å²) in [5, 5.41) is 2.91. The molecule has 0 fully saturated rings. The first-order valence-corrected chi connectivity index (χ1v) is 12.4. The number of carbonyl (C=O) groups excluding carboxylic acids is 1. The van der Waals surface area contributed by atoms with Gasteiger partial charge in [-0.25, -0.2) is 8.78 Å². The Balaban J connectivity index is 1.63. The highest BCUT2D eigenvalue weighted by atomic mass is 19.1. The molecule has 37 heavy (non-hydrogen) atoms. The van der Waals surface area contributed by atoms with Crippen LogP contribution in [0.4, 0.5) is 20.2 Å². The predicted octanol–water partition coefficient (Wildman–Crippen LogP) is 5.19. The van der Waals surface area contributed by atoms with E-state index in [1.807, 2.05) is 42.2 Å². The van der Waals surface area contributed by atoms with Gasteiger partial charge in [0.25, 0.3) is 5.91 Å². The maximum atomic E-state index is 15.3. The zero-order valence-electron chi connectivity index (χ0n) is 21.8. The SMILES string of the molecule is COCCN1C[C@](F)(CN)Cc2ccc(-c3cc(NC(=O)c4ccnc(C(C)(C)F)c4)ccc3C)cc21. The van der Waals surface area contributed by atoms with Crippen molar-refractivity contribution in [3.8, 4) is 11.1 Å². The summed E-state index contributed by atoms with van der Waals surface area (Å²) in [5.74, 6) is -0.347. The number of amides is 1. The van der Waals surface area contributed by atoms with E-state index in [1.165, 1.54) is 26.1 Å². The summed E-state index contributed by atoms with van der Waals surface area (Å²) >= 11 is 0. The molecule has 196 valence electrons. The molecule has 1 atom stereocenters. The molecule has 2 aromatic carbocycles. The molecule has 0 aliphatic carbocycles. The smallest absolute Gasteiger partial charge is 0.255 e. The molecule has 6 nitrogen and oxygen atoms in total. The lowest BCUT2D eigenvalue weighted by atomic mass is 9.88. The highest BCUT2D eigenvalue weighted by Crippen LogP contribution is 2.38. The number of nitrogens with two attached hydrogens (primary N) is 1. The zero-order chi connectivity index (χ0) is 26.8. The molecule has 2 heterocycles. The second kappa shape index (κ2) is 10.6. The predicted molar refractivity (Wildman–Crippen MR) is 144 cm³/mol. The lowest BCUT2D eigenvalue weighted by molar-refractivity contribution is 0.102. The number of fused-ring (bicyclic) bond motifs is 1. The van der Waals surface area contributed by atoms with Crippen molar-refractivity contribution in [2.75, 3.05) is 43.6 Å². The number of ether oxygens (including phenoxy) is 1. The first-order chi connectivity index (χ1) is 17.5. The van der Waals surface area contributed by atoms with E-state index in [-0.39, 0.29) is 31.1 Å². The van der Waals surface area contributed by atoms with E-state index < -0.39 is 11.3 Å². The molecular weight excluding hydrogens is 474 g/mol. The van der Waals surface area contributed by atoms with E-state index in [4.69, 9.17) is 10.5 Å². The Kier molecular flexibility index (Phi) is 7.62. The average molecular weight is 509 g/mol. The third kappa shape index (κ3) is 5.97. The Morgan fingerprint density at radius 1 is 1.22 bits per heavy atom. The van der Waals surface area contributed by atoms with Crippen LogP contribution >= 0.6 is 0 Å². The Labute approximate surface area is 216 Å². The van der Waals surface area contributed by atoms with Gasteiger partial charge in [0.1, 0.15) is 11.3 Å². The highest BCUT2D eigenvalue weighted by Gasteiger charge is 2.37. The van der Waals surface area contributed by atoms with Gasteiger partial charge >= 0.3 is 0 Å². The van der Waals surface area contributed by atoms with Crippen molar-refractivity contribution >= 4 is 17.3 Å². The number of halogens is 2. The van der Waals surface area contributed by atoms with Gasteiger partial charge in [-0.05, 0) is 73.4 Å². The lowest BCUT2D eigenvalue weighted by Crippen LogP contribution is -2.51. The second-order valence-corrected chi connectivity index (χ2v) is 10.2. The van der Waals surface area contributed by atoms with Crippen LogP contribution in [0.3, 0.4) is 0 Å². The molecule has 3 N–H and O–H groups in total. The minimum absolute atomic E-state index is 0.0413. The van der Waals surface area contributed by atoms with Crippen LogP contribution < -0.4 is 16.0 Å². The van der Waals surface area contributed by atoms with Crippen LogP contribution in [0, 0.1) is 6.92 Å². The van der Waals surface area contributed by atoms with Crippen LogP contribution in [0.2, 0.25) is 0 Å². The molecule has 4 rings (SSSR count). The van der Waals surface area contributed by atoms with Crippen LogP contribution in [0.5, 0.6) is 0 Å². The van der Waals surface area contributed by atoms with Crippen LogP contribution in [-0.2, 0) is 16.8 Å². The number of aryl methyl sites for hydroxylation is 1. The Morgan fingerprint density at radius 2 is 2.00 bits per heavy atom. The molecule has 0 radical (unpaired) electrons. The first kappa shape index (κ1) is 26.7. The molecule has 1 aliphatic rings. The number of nitrogens with one attached hydrogen (secondary N) is 1. The normalized spacial score (nSPS) is 17.4. The van der Waals surface area contributed by atoms with Crippen molar-refractivity contribution in [2.24, 2.45) is 5.73 Å². The monoisotopic (exact) mass is 508 g/mol. The van der Waals surface area contributed by atoms with Crippen molar-refractivity contribution in [1.82, 2.24) is 4.98 Å². The van der Waals surface area contributed by atoms with E-state index in [0.717, 1.165) is 27.9 Å². The molecule has 0 spiro atoms. The number of nitrogens with zero attached hydrogens (tertiary/aromatic N) is 2. The highest BCUT2D eigenvalue weighted by molar-refractivity contribution is 6.04. The van der Waals surface area contributed by atoms with Gasteiger partial charge in [-0.15, -0.1) is 0 Å². The third-order valence-electron chi connectivity index (χ3n) is 6.78. The summed E-state index contributed by atoms with van der Waals surface area (Å²) in [4.78, 5) is 19.0. The van der Waals surface area contributed by atoms with Crippen molar-refractivity contribution in [1.29, 1.82) is 0 Å². The molecule has 8 heteroatoms. The van der Waals surface area contributed by atoms with Gasteiger partial charge in [0, 0.05) is 49.8 Å². The number of anilines is 2. The maximum absolute atomic E-state index is 15.3. The number of hydrogen-bond acceptors (Lipinski definition) is 5. The van der Waals surface area contributed by atoms with E-state index in [9.17, 15) is 9.18 Å². The number of pyridine rings is 1. The van der Waals surface area contributed by atoms with Crippen LogP contribution in [0.1, 0.15) is 41.0 Å². The van der Waals surface area contributed by atoms with Crippen LogP contribution in [-0.4, -0.2) is 49.9 Å². The van der Waals surface area contributed by atoms with Crippen molar-refractivity contribution in [3.63, 3.8) is 0 Å². The number of benzene rings is 2. The van der Waals surface area contributed by atoms with Gasteiger partial charge in [-0.2, -0.15) is 0 Å². The summed E-state index contributed by atoms with van der Waals surface area (Å²) in [6.07, 6.45) is 1.70. The number of aromatic nitrogens is 1. The van der Waals surface area contributed by atoms with Gasteiger partial charge in [0.2, 0.25) is 0 Å². The number of carbonyl (C=O) groups is 1. The molecule has 1 amide bonds. The number of alkyl halides is 2. The first-order valence-electron chi connectivity index (χ1n) is 12.4. The largest absolute Gasteiger partial charge is 0.383 e. The summed E-state index contributed by atoms with van der Waals surface area (Å²) < 4.78 is 34.9. The number of methoxy groups -OCH3 is 1. The van der Waals surface area contributed by atoms with Crippen molar-refractivity contribution < 1.29 is 18.3 Å². The fourth-order valence-corrected chi connectivity index (χ4v) is 4.65. The fraction of sp³-hybridized carbons (Fsp3) is 0.379.